The molecule has 2 aromatic rings. The Kier molecular flexibility index (Phi) is 3.39. The number of carbonyl (C=O) groups is 1. The molecule has 4 nitrogen and oxygen atoms in total. The number of ether oxygens (including phenoxy) is 1. The van der Waals surface area contributed by atoms with E-state index >= 15 is 0 Å². The molecule has 0 fully saturated rings. The Balaban J connectivity index is 2.43. The van der Waals surface area contributed by atoms with Crippen LogP contribution >= 0.6 is 0 Å². The summed E-state index contributed by atoms with van der Waals surface area (Å²) in [6.07, 6.45) is 1.81. The number of nitrogens with zero attached hydrogens (tertiary/aromatic N) is 2. The number of benzene rings is 1. The SMILES string of the molecule is COc1ccc2c(ccn2C(=O)[C@H](C)N(C)C)c1. The van der Waals surface area contributed by atoms with E-state index in [1.54, 1.807) is 11.7 Å². The maximum Gasteiger partial charge on any atom is 0.248 e. The fourth-order valence-electron chi connectivity index (χ4n) is 1.86. The fourth-order valence-corrected chi connectivity index (χ4v) is 1.86. The van der Waals surface area contributed by atoms with Crippen LogP contribution in [-0.4, -0.2) is 42.6 Å². The van der Waals surface area contributed by atoms with Crippen LogP contribution in [0.15, 0.2) is 30.5 Å². The molecule has 0 unspecified atom stereocenters. The van der Waals surface area contributed by atoms with Crippen LogP contribution in [-0.2, 0) is 0 Å². The minimum atomic E-state index is -0.150. The summed E-state index contributed by atoms with van der Waals surface area (Å²) in [6.45, 7) is 1.90. The molecule has 0 aliphatic rings. The first-order valence-corrected chi connectivity index (χ1v) is 5.90. The predicted octanol–water partition coefficient (Wildman–Crippen LogP) is 2.24. The van der Waals surface area contributed by atoms with Crippen LogP contribution in [0.4, 0.5) is 0 Å². The van der Waals surface area contributed by atoms with Crippen LogP contribution in [0.25, 0.3) is 10.9 Å². The lowest BCUT2D eigenvalue weighted by molar-refractivity contribution is 0.0809. The van der Waals surface area contributed by atoms with Crippen molar-refractivity contribution in [3.8, 4) is 5.75 Å². The normalized spacial score (nSPS) is 12.9. The van der Waals surface area contributed by atoms with Gasteiger partial charge in [-0.2, -0.15) is 0 Å². The molecular weight excluding hydrogens is 228 g/mol. The van der Waals surface area contributed by atoms with Crippen molar-refractivity contribution in [1.82, 2.24) is 9.47 Å². The third-order valence-electron chi connectivity index (χ3n) is 3.27. The van der Waals surface area contributed by atoms with Crippen molar-refractivity contribution in [3.63, 3.8) is 0 Å². The van der Waals surface area contributed by atoms with E-state index in [-0.39, 0.29) is 11.9 Å². The van der Waals surface area contributed by atoms with Crippen LogP contribution in [0.5, 0.6) is 5.75 Å². The Morgan fingerprint density at radius 1 is 1.33 bits per heavy atom. The molecule has 0 bridgehead atoms. The minimum Gasteiger partial charge on any atom is -0.497 e. The number of fused-ring (bicyclic) bond motifs is 1. The van der Waals surface area contributed by atoms with Crippen LogP contribution in [0.3, 0.4) is 0 Å². The molecule has 1 atom stereocenters. The van der Waals surface area contributed by atoms with Gasteiger partial charge in [0.05, 0.1) is 18.7 Å². The van der Waals surface area contributed by atoms with Crippen LogP contribution < -0.4 is 4.74 Å². The van der Waals surface area contributed by atoms with Crippen LogP contribution in [0, 0.1) is 0 Å². The van der Waals surface area contributed by atoms with Crippen molar-refractivity contribution in [3.05, 3.63) is 30.5 Å². The quantitative estimate of drug-likeness (QED) is 0.833. The minimum absolute atomic E-state index is 0.0696. The molecule has 4 heteroatoms. The summed E-state index contributed by atoms with van der Waals surface area (Å²) in [7, 11) is 5.44. The van der Waals surface area contributed by atoms with E-state index in [9.17, 15) is 4.79 Å². The first-order chi connectivity index (χ1) is 8.54. The Morgan fingerprint density at radius 2 is 2.06 bits per heavy atom. The zero-order valence-electron chi connectivity index (χ0n) is 11.2. The topological polar surface area (TPSA) is 34.5 Å². The van der Waals surface area contributed by atoms with E-state index in [0.717, 1.165) is 16.7 Å². The van der Waals surface area contributed by atoms with Crippen LogP contribution in [0.2, 0.25) is 0 Å². The number of hydrogen-bond acceptors (Lipinski definition) is 3. The molecule has 0 radical (unpaired) electrons. The molecular formula is C14H18N2O2. The van der Waals surface area contributed by atoms with Crippen LogP contribution in [0.1, 0.15) is 11.7 Å². The standard InChI is InChI=1S/C14H18N2O2/c1-10(15(2)3)14(17)16-8-7-11-9-12(18-4)5-6-13(11)16/h5-10H,1-4H3/t10-/m0/s1. The largest absolute Gasteiger partial charge is 0.497 e. The summed E-state index contributed by atoms with van der Waals surface area (Å²) in [5.41, 5.74) is 0.912. The summed E-state index contributed by atoms with van der Waals surface area (Å²) < 4.78 is 6.87. The monoisotopic (exact) mass is 246 g/mol. The van der Waals surface area contributed by atoms with E-state index in [1.807, 2.05) is 56.4 Å². The van der Waals surface area contributed by atoms with E-state index in [1.165, 1.54) is 0 Å². The molecule has 0 spiro atoms. The molecule has 18 heavy (non-hydrogen) atoms. The van der Waals surface area contributed by atoms with E-state index in [2.05, 4.69) is 0 Å². The second-order valence-electron chi connectivity index (χ2n) is 4.59. The highest BCUT2D eigenvalue weighted by atomic mass is 16.5. The molecule has 0 saturated carbocycles. The van der Waals surface area contributed by atoms with Crippen molar-refractivity contribution >= 4 is 16.8 Å². The van der Waals surface area contributed by atoms with E-state index < -0.39 is 0 Å². The first kappa shape index (κ1) is 12.6. The highest BCUT2D eigenvalue weighted by Crippen LogP contribution is 2.22. The van der Waals surface area contributed by atoms with Crippen molar-refractivity contribution < 1.29 is 9.53 Å². The van der Waals surface area contributed by atoms with Gasteiger partial charge in [-0.1, -0.05) is 0 Å². The molecule has 2 rings (SSSR count). The maximum absolute atomic E-state index is 12.3. The van der Waals surface area contributed by atoms with Gasteiger partial charge in [0.2, 0.25) is 5.91 Å². The van der Waals surface area contributed by atoms with Gasteiger partial charge < -0.3 is 4.74 Å². The van der Waals surface area contributed by atoms with Gasteiger partial charge in [-0.15, -0.1) is 0 Å². The Bertz CT molecular complexity index is 572. The summed E-state index contributed by atoms with van der Waals surface area (Å²) in [5.74, 6) is 0.869. The number of hydrogen-bond donors (Lipinski definition) is 0. The Morgan fingerprint density at radius 3 is 2.67 bits per heavy atom. The molecule has 1 heterocycles. The maximum atomic E-state index is 12.3. The van der Waals surface area contributed by atoms with Gasteiger partial charge in [0.15, 0.2) is 0 Å². The lowest BCUT2D eigenvalue weighted by atomic mass is 10.2. The number of methoxy groups -OCH3 is 1. The zero-order chi connectivity index (χ0) is 13.3. The summed E-state index contributed by atoms with van der Waals surface area (Å²) in [6, 6.07) is 7.49. The fraction of sp³-hybridized carbons (Fsp3) is 0.357. The van der Waals surface area contributed by atoms with Crippen molar-refractivity contribution in [2.24, 2.45) is 0 Å². The Labute approximate surface area is 107 Å². The van der Waals surface area contributed by atoms with Gasteiger partial charge >= 0.3 is 0 Å². The highest BCUT2D eigenvalue weighted by Gasteiger charge is 2.18. The molecule has 0 aliphatic heterocycles. The molecule has 96 valence electrons. The molecule has 0 aliphatic carbocycles. The second-order valence-corrected chi connectivity index (χ2v) is 4.59. The van der Waals surface area contributed by atoms with Gasteiger partial charge in [-0.05, 0) is 45.3 Å². The van der Waals surface area contributed by atoms with Crippen molar-refractivity contribution in [1.29, 1.82) is 0 Å². The summed E-state index contributed by atoms with van der Waals surface area (Å²) >= 11 is 0. The number of likely N-dealkylation sites (N-methyl/N-ethyl adjacent to an activating group) is 1. The van der Waals surface area contributed by atoms with E-state index in [4.69, 9.17) is 4.74 Å². The molecule has 0 saturated heterocycles. The predicted molar refractivity (Wildman–Crippen MR) is 72.3 cm³/mol. The smallest absolute Gasteiger partial charge is 0.248 e. The van der Waals surface area contributed by atoms with Gasteiger partial charge in [0.1, 0.15) is 5.75 Å². The zero-order valence-corrected chi connectivity index (χ0v) is 11.2. The molecule has 1 aromatic heterocycles. The average molecular weight is 246 g/mol. The lowest BCUT2D eigenvalue weighted by Gasteiger charge is -2.19. The summed E-state index contributed by atoms with van der Waals surface area (Å²) in [5, 5.41) is 1.01. The second kappa shape index (κ2) is 4.82. The highest BCUT2D eigenvalue weighted by molar-refractivity contribution is 5.95. The third kappa shape index (κ3) is 2.11. The number of carbonyl (C=O) groups excluding carboxylic acids is 1. The van der Waals surface area contributed by atoms with Crippen molar-refractivity contribution in [2.45, 2.75) is 13.0 Å². The molecule has 0 N–H and O–H groups in total. The van der Waals surface area contributed by atoms with Gasteiger partial charge in [0, 0.05) is 11.6 Å². The van der Waals surface area contributed by atoms with Gasteiger partial charge in [0.25, 0.3) is 0 Å². The lowest BCUT2D eigenvalue weighted by Crippen LogP contribution is -2.36. The van der Waals surface area contributed by atoms with Crippen molar-refractivity contribution in [2.75, 3.05) is 21.2 Å². The Hall–Kier alpha value is -1.81. The molecule has 1 aromatic carbocycles. The first-order valence-electron chi connectivity index (χ1n) is 5.90. The number of rotatable bonds is 3. The van der Waals surface area contributed by atoms with Gasteiger partial charge in [-0.25, -0.2) is 0 Å². The van der Waals surface area contributed by atoms with Gasteiger partial charge in [-0.3, -0.25) is 14.3 Å². The average Bonchev–Trinajstić information content (AvgIpc) is 2.79. The summed E-state index contributed by atoms with van der Waals surface area (Å²) in [4.78, 5) is 14.2. The van der Waals surface area contributed by atoms with E-state index in [0.29, 0.717) is 0 Å². The number of aromatic nitrogens is 1. The molecule has 0 amide bonds. The third-order valence-corrected chi connectivity index (χ3v) is 3.27.